The highest BCUT2D eigenvalue weighted by Gasteiger charge is 2.40. The van der Waals surface area contributed by atoms with E-state index in [1.807, 2.05) is 31.1 Å². The minimum absolute atomic E-state index is 0.0182. The van der Waals surface area contributed by atoms with Gasteiger partial charge in [0.15, 0.2) is 6.04 Å². The number of nitriles is 1. The number of nitrogens with zero attached hydrogens (tertiary/aromatic N) is 3. The minimum atomic E-state index is -0.740. The van der Waals surface area contributed by atoms with E-state index < -0.39 is 6.04 Å². The summed E-state index contributed by atoms with van der Waals surface area (Å²) in [6.45, 7) is 0. The van der Waals surface area contributed by atoms with Crippen molar-refractivity contribution in [2.45, 2.75) is 6.04 Å². The van der Waals surface area contributed by atoms with Gasteiger partial charge in [-0.1, -0.05) is 24.3 Å². The Labute approximate surface area is 128 Å². The van der Waals surface area contributed by atoms with Gasteiger partial charge >= 0.3 is 0 Å². The lowest BCUT2D eigenvalue weighted by Gasteiger charge is -2.21. The second-order valence-electron chi connectivity index (χ2n) is 5.33. The van der Waals surface area contributed by atoms with Gasteiger partial charge in [0.05, 0.1) is 17.3 Å². The average Bonchev–Trinajstić information content (AvgIpc) is 2.80. The summed E-state index contributed by atoms with van der Waals surface area (Å²) in [7, 11) is 3.71. The molecule has 1 amide bonds. The first-order valence-corrected chi connectivity index (χ1v) is 6.87. The zero-order valence-electron chi connectivity index (χ0n) is 12.3. The van der Waals surface area contributed by atoms with Crippen molar-refractivity contribution < 1.29 is 9.90 Å². The van der Waals surface area contributed by atoms with Gasteiger partial charge in [0.1, 0.15) is 5.75 Å². The van der Waals surface area contributed by atoms with Gasteiger partial charge in [0.25, 0.3) is 5.91 Å². The maximum absolute atomic E-state index is 12.9. The molecule has 0 radical (unpaired) electrons. The minimum Gasteiger partial charge on any atom is -0.506 e. The predicted octanol–water partition coefficient (Wildman–Crippen LogP) is 2.68. The fourth-order valence-electron chi connectivity index (χ4n) is 2.81. The van der Waals surface area contributed by atoms with Crippen molar-refractivity contribution in [2.24, 2.45) is 0 Å². The highest BCUT2D eigenvalue weighted by Crippen LogP contribution is 2.43. The molecule has 0 saturated heterocycles. The normalized spacial score (nSPS) is 16.3. The molecule has 110 valence electrons. The number of hydrogen-bond acceptors (Lipinski definition) is 4. The molecule has 0 aromatic heterocycles. The standard InChI is InChI=1S/C17H15N3O2/c1-19(2)13-8-5-6-11-14(10-18)20(17(22)16(11)13)12-7-3-4-9-15(12)21/h3-9,14,21H,1-2H3. The highest BCUT2D eigenvalue weighted by molar-refractivity contribution is 6.15. The third-order valence-electron chi connectivity index (χ3n) is 3.81. The van der Waals surface area contributed by atoms with Crippen LogP contribution in [0.5, 0.6) is 5.75 Å². The molecule has 1 N–H and O–H groups in total. The van der Waals surface area contributed by atoms with Crippen LogP contribution < -0.4 is 9.80 Å². The first-order chi connectivity index (χ1) is 10.6. The number of hydrogen-bond donors (Lipinski definition) is 1. The van der Waals surface area contributed by atoms with Crippen LogP contribution in [0.1, 0.15) is 22.0 Å². The molecule has 1 aliphatic rings. The molecule has 1 atom stereocenters. The van der Waals surface area contributed by atoms with Crippen molar-refractivity contribution in [3.63, 3.8) is 0 Å². The SMILES string of the molecule is CN(C)c1cccc2c1C(=O)N(c1ccccc1O)C2C#N. The van der Waals surface area contributed by atoms with Crippen molar-refractivity contribution >= 4 is 17.3 Å². The van der Waals surface area contributed by atoms with E-state index in [1.54, 1.807) is 24.3 Å². The zero-order chi connectivity index (χ0) is 15.9. The van der Waals surface area contributed by atoms with Gasteiger partial charge < -0.3 is 10.0 Å². The van der Waals surface area contributed by atoms with Crippen LogP contribution >= 0.6 is 0 Å². The third-order valence-corrected chi connectivity index (χ3v) is 3.81. The van der Waals surface area contributed by atoms with Gasteiger partial charge in [0.2, 0.25) is 0 Å². The van der Waals surface area contributed by atoms with Crippen LogP contribution in [0.4, 0.5) is 11.4 Å². The number of carbonyl (C=O) groups is 1. The van der Waals surface area contributed by atoms with E-state index in [4.69, 9.17) is 0 Å². The first kappa shape index (κ1) is 14.0. The van der Waals surface area contributed by atoms with Crippen molar-refractivity contribution in [3.8, 4) is 11.8 Å². The van der Waals surface area contributed by atoms with Crippen molar-refractivity contribution in [1.29, 1.82) is 5.26 Å². The Morgan fingerprint density at radius 2 is 1.91 bits per heavy atom. The summed E-state index contributed by atoms with van der Waals surface area (Å²) in [5.41, 5.74) is 2.30. The van der Waals surface area contributed by atoms with E-state index in [0.29, 0.717) is 16.8 Å². The fourth-order valence-corrected chi connectivity index (χ4v) is 2.81. The molecule has 0 saturated carbocycles. The number of para-hydroxylation sites is 2. The van der Waals surface area contributed by atoms with E-state index in [9.17, 15) is 15.2 Å². The number of aromatic hydroxyl groups is 1. The summed E-state index contributed by atoms with van der Waals surface area (Å²) in [6.07, 6.45) is 0. The molecule has 1 unspecified atom stereocenters. The molecular weight excluding hydrogens is 278 g/mol. The van der Waals surface area contributed by atoms with Gasteiger partial charge in [-0.15, -0.1) is 0 Å². The van der Waals surface area contributed by atoms with Crippen LogP contribution in [0, 0.1) is 11.3 Å². The summed E-state index contributed by atoms with van der Waals surface area (Å²) >= 11 is 0. The summed E-state index contributed by atoms with van der Waals surface area (Å²) in [6, 6.07) is 13.4. The Bertz CT molecular complexity index is 793. The second-order valence-corrected chi connectivity index (χ2v) is 5.33. The van der Waals surface area contributed by atoms with E-state index in [-0.39, 0.29) is 11.7 Å². The van der Waals surface area contributed by atoms with Crippen LogP contribution in [0.15, 0.2) is 42.5 Å². The Morgan fingerprint density at radius 1 is 1.18 bits per heavy atom. The number of phenols is 1. The van der Waals surface area contributed by atoms with E-state index in [0.717, 1.165) is 5.69 Å². The molecule has 2 aromatic carbocycles. The van der Waals surface area contributed by atoms with Crippen LogP contribution in [0.25, 0.3) is 0 Å². The van der Waals surface area contributed by atoms with Crippen LogP contribution in [0.3, 0.4) is 0 Å². The monoisotopic (exact) mass is 293 g/mol. The molecule has 1 heterocycles. The average molecular weight is 293 g/mol. The number of anilines is 2. The Kier molecular flexibility index (Phi) is 3.22. The molecule has 22 heavy (non-hydrogen) atoms. The number of phenolic OH excluding ortho intramolecular Hbond substituents is 1. The number of benzene rings is 2. The van der Waals surface area contributed by atoms with Crippen LogP contribution in [-0.4, -0.2) is 25.1 Å². The van der Waals surface area contributed by atoms with Crippen molar-refractivity contribution in [1.82, 2.24) is 0 Å². The van der Waals surface area contributed by atoms with Crippen LogP contribution in [-0.2, 0) is 0 Å². The quantitative estimate of drug-likeness (QED) is 0.924. The topological polar surface area (TPSA) is 67.6 Å². The maximum atomic E-state index is 12.9. The van der Waals surface area contributed by atoms with Crippen LogP contribution in [0.2, 0.25) is 0 Å². The Hall–Kier alpha value is -3.00. The van der Waals surface area contributed by atoms with E-state index in [1.165, 1.54) is 11.0 Å². The van der Waals surface area contributed by atoms with Gasteiger partial charge in [-0.25, -0.2) is 0 Å². The van der Waals surface area contributed by atoms with Gasteiger partial charge in [-0.05, 0) is 18.2 Å². The lowest BCUT2D eigenvalue weighted by atomic mass is 10.0. The summed E-state index contributed by atoms with van der Waals surface area (Å²) < 4.78 is 0. The Balaban J connectivity index is 2.21. The molecule has 0 bridgehead atoms. The maximum Gasteiger partial charge on any atom is 0.262 e. The molecule has 0 spiro atoms. The molecule has 1 aliphatic heterocycles. The first-order valence-electron chi connectivity index (χ1n) is 6.87. The lowest BCUT2D eigenvalue weighted by molar-refractivity contribution is 0.0994. The van der Waals surface area contributed by atoms with Crippen molar-refractivity contribution in [2.75, 3.05) is 23.9 Å². The smallest absolute Gasteiger partial charge is 0.262 e. The number of fused-ring (bicyclic) bond motifs is 1. The van der Waals surface area contributed by atoms with Gasteiger partial charge in [-0.3, -0.25) is 9.69 Å². The molecule has 2 aromatic rings. The summed E-state index contributed by atoms with van der Waals surface area (Å²) in [5.74, 6) is -0.289. The molecule has 0 aliphatic carbocycles. The molecule has 3 rings (SSSR count). The third kappa shape index (κ3) is 1.89. The zero-order valence-corrected chi connectivity index (χ0v) is 12.3. The largest absolute Gasteiger partial charge is 0.506 e. The van der Waals surface area contributed by atoms with Gasteiger partial charge in [-0.2, -0.15) is 5.26 Å². The number of amides is 1. The number of carbonyl (C=O) groups excluding carboxylic acids is 1. The lowest BCUT2D eigenvalue weighted by Crippen LogP contribution is -2.27. The molecular formula is C17H15N3O2. The second kappa shape index (κ2) is 5.08. The Morgan fingerprint density at radius 3 is 2.55 bits per heavy atom. The summed E-state index contributed by atoms with van der Waals surface area (Å²) in [5, 5.41) is 19.6. The molecule has 5 nitrogen and oxygen atoms in total. The number of rotatable bonds is 2. The van der Waals surface area contributed by atoms with E-state index >= 15 is 0 Å². The molecule has 5 heteroatoms. The fraction of sp³-hybridized carbons (Fsp3) is 0.176. The van der Waals surface area contributed by atoms with E-state index in [2.05, 4.69) is 6.07 Å². The van der Waals surface area contributed by atoms with Crippen molar-refractivity contribution in [3.05, 3.63) is 53.6 Å². The highest BCUT2D eigenvalue weighted by atomic mass is 16.3. The predicted molar refractivity (Wildman–Crippen MR) is 84.0 cm³/mol. The molecule has 0 fully saturated rings. The van der Waals surface area contributed by atoms with Gasteiger partial charge in [0, 0.05) is 25.3 Å². The summed E-state index contributed by atoms with van der Waals surface area (Å²) in [4.78, 5) is 16.1.